The Morgan fingerprint density at radius 2 is 1.90 bits per heavy atom. The molecule has 0 aliphatic carbocycles. The second kappa shape index (κ2) is 6.90. The van der Waals surface area contributed by atoms with Gasteiger partial charge in [-0.1, -0.05) is 30.3 Å². The SMILES string of the molecule is COC(=O)Cc1ccccc1Oc1ccc(CO)cc1C. The summed E-state index contributed by atoms with van der Waals surface area (Å²) in [5.74, 6) is 1.02. The number of ether oxygens (including phenoxy) is 2. The molecule has 0 saturated carbocycles. The van der Waals surface area contributed by atoms with Crippen molar-refractivity contribution in [3.63, 3.8) is 0 Å². The summed E-state index contributed by atoms with van der Waals surface area (Å²) in [4.78, 5) is 11.4. The Morgan fingerprint density at radius 1 is 1.14 bits per heavy atom. The number of esters is 1. The van der Waals surface area contributed by atoms with Crippen LogP contribution in [0.15, 0.2) is 42.5 Å². The second-order valence-corrected chi connectivity index (χ2v) is 4.72. The van der Waals surface area contributed by atoms with Crippen molar-refractivity contribution in [1.82, 2.24) is 0 Å². The molecule has 0 radical (unpaired) electrons. The van der Waals surface area contributed by atoms with E-state index in [0.717, 1.165) is 16.7 Å². The number of carbonyl (C=O) groups excluding carboxylic acids is 1. The van der Waals surface area contributed by atoms with Crippen molar-refractivity contribution in [2.75, 3.05) is 7.11 Å². The minimum absolute atomic E-state index is 0.0000473. The first kappa shape index (κ1) is 15.1. The van der Waals surface area contributed by atoms with Crippen LogP contribution in [0.3, 0.4) is 0 Å². The number of aryl methyl sites for hydroxylation is 1. The summed E-state index contributed by atoms with van der Waals surface area (Å²) in [5.41, 5.74) is 2.53. The van der Waals surface area contributed by atoms with E-state index in [9.17, 15) is 4.79 Å². The van der Waals surface area contributed by atoms with Crippen molar-refractivity contribution in [1.29, 1.82) is 0 Å². The van der Waals surface area contributed by atoms with Gasteiger partial charge in [-0.05, 0) is 30.2 Å². The summed E-state index contributed by atoms with van der Waals surface area (Å²) in [6.07, 6.45) is 0.167. The molecule has 2 rings (SSSR count). The number of rotatable bonds is 5. The molecule has 21 heavy (non-hydrogen) atoms. The first-order valence-corrected chi connectivity index (χ1v) is 6.67. The highest BCUT2D eigenvalue weighted by atomic mass is 16.5. The van der Waals surface area contributed by atoms with Gasteiger partial charge in [0.1, 0.15) is 11.5 Å². The smallest absolute Gasteiger partial charge is 0.310 e. The first-order chi connectivity index (χ1) is 10.1. The van der Waals surface area contributed by atoms with E-state index in [4.69, 9.17) is 14.6 Å². The van der Waals surface area contributed by atoms with Crippen LogP contribution in [0, 0.1) is 6.92 Å². The van der Waals surface area contributed by atoms with E-state index in [1.165, 1.54) is 7.11 Å². The molecule has 2 aromatic rings. The van der Waals surface area contributed by atoms with Gasteiger partial charge in [-0.2, -0.15) is 0 Å². The minimum Gasteiger partial charge on any atom is -0.469 e. The molecule has 1 N–H and O–H groups in total. The number of methoxy groups -OCH3 is 1. The molecule has 0 atom stereocenters. The summed E-state index contributed by atoms with van der Waals surface area (Å²) >= 11 is 0. The molecule has 0 aromatic heterocycles. The maximum atomic E-state index is 11.4. The number of hydrogen-bond donors (Lipinski definition) is 1. The van der Waals surface area contributed by atoms with Crippen molar-refractivity contribution in [3.8, 4) is 11.5 Å². The molecule has 0 aliphatic rings. The highest BCUT2D eigenvalue weighted by Crippen LogP contribution is 2.28. The number of carbonyl (C=O) groups is 1. The van der Waals surface area contributed by atoms with E-state index >= 15 is 0 Å². The quantitative estimate of drug-likeness (QED) is 0.858. The van der Waals surface area contributed by atoms with Gasteiger partial charge in [0.05, 0.1) is 20.1 Å². The monoisotopic (exact) mass is 286 g/mol. The zero-order valence-electron chi connectivity index (χ0n) is 12.1. The van der Waals surface area contributed by atoms with E-state index in [2.05, 4.69) is 0 Å². The molecule has 0 spiro atoms. The normalized spacial score (nSPS) is 10.2. The summed E-state index contributed by atoms with van der Waals surface area (Å²) < 4.78 is 10.6. The summed E-state index contributed by atoms with van der Waals surface area (Å²) in [6.45, 7) is 1.91. The predicted octanol–water partition coefficient (Wildman–Crippen LogP) is 3.00. The Morgan fingerprint density at radius 3 is 2.57 bits per heavy atom. The van der Waals surface area contributed by atoms with Crippen molar-refractivity contribution in [3.05, 3.63) is 59.2 Å². The van der Waals surface area contributed by atoms with Gasteiger partial charge in [-0.25, -0.2) is 0 Å². The van der Waals surface area contributed by atoms with E-state index in [-0.39, 0.29) is 19.0 Å². The standard InChI is InChI=1S/C17H18O4/c1-12-9-13(11-18)7-8-15(12)21-16-6-4-3-5-14(16)10-17(19)20-2/h3-9,18H,10-11H2,1-2H3. The maximum Gasteiger partial charge on any atom is 0.310 e. The lowest BCUT2D eigenvalue weighted by Crippen LogP contribution is -2.05. The fourth-order valence-corrected chi connectivity index (χ4v) is 2.02. The number of hydrogen-bond acceptors (Lipinski definition) is 4. The second-order valence-electron chi connectivity index (χ2n) is 4.72. The van der Waals surface area contributed by atoms with Gasteiger partial charge < -0.3 is 14.6 Å². The van der Waals surface area contributed by atoms with Gasteiger partial charge in [0.2, 0.25) is 0 Å². The highest BCUT2D eigenvalue weighted by molar-refractivity contribution is 5.73. The van der Waals surface area contributed by atoms with E-state index in [1.807, 2.05) is 49.4 Å². The van der Waals surface area contributed by atoms with Crippen LogP contribution in [0.5, 0.6) is 11.5 Å². The van der Waals surface area contributed by atoms with E-state index < -0.39 is 0 Å². The van der Waals surface area contributed by atoms with Gasteiger partial charge in [-0.15, -0.1) is 0 Å². The average Bonchev–Trinajstić information content (AvgIpc) is 2.50. The molecular formula is C17H18O4. The van der Waals surface area contributed by atoms with Crippen LogP contribution < -0.4 is 4.74 Å². The number of aliphatic hydroxyl groups is 1. The molecule has 110 valence electrons. The van der Waals surface area contributed by atoms with Crippen LogP contribution in [0.4, 0.5) is 0 Å². The molecule has 4 nitrogen and oxygen atoms in total. The zero-order valence-corrected chi connectivity index (χ0v) is 12.1. The van der Waals surface area contributed by atoms with Gasteiger partial charge in [-0.3, -0.25) is 4.79 Å². The lowest BCUT2D eigenvalue weighted by molar-refractivity contribution is -0.139. The molecule has 4 heteroatoms. The van der Waals surface area contributed by atoms with Gasteiger partial charge in [0, 0.05) is 5.56 Å². The maximum absolute atomic E-state index is 11.4. The van der Waals surface area contributed by atoms with E-state index in [0.29, 0.717) is 11.5 Å². The fourth-order valence-electron chi connectivity index (χ4n) is 2.02. The molecule has 0 unspecified atom stereocenters. The highest BCUT2D eigenvalue weighted by Gasteiger charge is 2.10. The van der Waals surface area contributed by atoms with Crippen LogP contribution in [0.1, 0.15) is 16.7 Å². The molecule has 0 amide bonds. The summed E-state index contributed by atoms with van der Waals surface area (Å²) in [6, 6.07) is 12.9. The predicted molar refractivity (Wildman–Crippen MR) is 79.3 cm³/mol. The van der Waals surface area contributed by atoms with Crippen molar-refractivity contribution < 1.29 is 19.4 Å². The summed E-state index contributed by atoms with van der Waals surface area (Å²) in [7, 11) is 1.36. The number of aliphatic hydroxyl groups excluding tert-OH is 1. The Hall–Kier alpha value is -2.33. The Kier molecular flexibility index (Phi) is 4.95. The largest absolute Gasteiger partial charge is 0.469 e. The average molecular weight is 286 g/mol. The Bertz CT molecular complexity index is 634. The van der Waals surface area contributed by atoms with Gasteiger partial charge in [0.15, 0.2) is 0 Å². The lowest BCUT2D eigenvalue weighted by Gasteiger charge is -2.13. The molecule has 0 bridgehead atoms. The topological polar surface area (TPSA) is 55.8 Å². The van der Waals surface area contributed by atoms with Crippen LogP contribution in [-0.2, 0) is 22.6 Å². The van der Waals surface area contributed by atoms with Crippen LogP contribution in [0.25, 0.3) is 0 Å². The molecule has 0 fully saturated rings. The summed E-state index contributed by atoms with van der Waals surface area (Å²) in [5, 5.41) is 9.12. The van der Waals surface area contributed by atoms with Crippen molar-refractivity contribution >= 4 is 5.97 Å². The zero-order chi connectivity index (χ0) is 15.2. The molecule has 0 heterocycles. The Balaban J connectivity index is 2.25. The third-order valence-corrected chi connectivity index (χ3v) is 3.18. The fraction of sp³-hybridized carbons (Fsp3) is 0.235. The Labute approximate surface area is 123 Å². The molecule has 0 aliphatic heterocycles. The van der Waals surface area contributed by atoms with Crippen LogP contribution >= 0.6 is 0 Å². The first-order valence-electron chi connectivity index (χ1n) is 6.67. The van der Waals surface area contributed by atoms with Gasteiger partial charge in [0.25, 0.3) is 0 Å². The van der Waals surface area contributed by atoms with E-state index in [1.54, 1.807) is 0 Å². The van der Waals surface area contributed by atoms with Crippen molar-refractivity contribution in [2.45, 2.75) is 20.0 Å². The van der Waals surface area contributed by atoms with Crippen LogP contribution in [-0.4, -0.2) is 18.2 Å². The minimum atomic E-state index is -0.307. The molecule has 0 saturated heterocycles. The number of benzene rings is 2. The van der Waals surface area contributed by atoms with Crippen LogP contribution in [0.2, 0.25) is 0 Å². The molecular weight excluding hydrogens is 268 g/mol. The third-order valence-electron chi connectivity index (χ3n) is 3.18. The lowest BCUT2D eigenvalue weighted by atomic mass is 10.1. The van der Waals surface area contributed by atoms with Crippen molar-refractivity contribution in [2.24, 2.45) is 0 Å². The molecule has 2 aromatic carbocycles. The van der Waals surface area contributed by atoms with Gasteiger partial charge >= 0.3 is 5.97 Å². The number of para-hydroxylation sites is 1. The third kappa shape index (κ3) is 3.83.